The highest BCUT2D eigenvalue weighted by atomic mass is 79.9. The predicted molar refractivity (Wildman–Crippen MR) is 77.5 cm³/mol. The van der Waals surface area contributed by atoms with Gasteiger partial charge in [0.25, 0.3) is 5.69 Å². The van der Waals surface area contributed by atoms with E-state index >= 15 is 0 Å². The lowest BCUT2D eigenvalue weighted by molar-refractivity contribution is -0.385. The van der Waals surface area contributed by atoms with E-state index in [1.165, 1.54) is 6.07 Å². The number of nitro benzene ring substituents is 1. The molecule has 0 amide bonds. The molecule has 1 aliphatic heterocycles. The maximum atomic E-state index is 10.7. The minimum absolute atomic E-state index is 0.0813. The summed E-state index contributed by atoms with van der Waals surface area (Å²) in [4.78, 5) is 10.3. The van der Waals surface area contributed by atoms with Gasteiger partial charge in [-0.2, -0.15) is 0 Å². The fraction of sp³-hybridized carbons (Fsp3) is 0.538. The molecule has 1 saturated heterocycles. The van der Waals surface area contributed by atoms with Gasteiger partial charge < -0.3 is 10.1 Å². The van der Waals surface area contributed by atoms with Gasteiger partial charge in [-0.15, -0.1) is 0 Å². The van der Waals surface area contributed by atoms with Crippen molar-refractivity contribution >= 4 is 27.3 Å². The first-order valence-electron chi connectivity index (χ1n) is 6.22. The standard InChI is InChI=1S/C13H17BrN2O3/c1-13(2)8-10(5-6-19-13)15-9-3-4-12(16(17)18)11(14)7-9/h3-4,7,10,15H,5-6,8H2,1-2H3. The van der Waals surface area contributed by atoms with E-state index in [-0.39, 0.29) is 11.3 Å². The molecule has 0 spiro atoms. The van der Waals surface area contributed by atoms with E-state index in [4.69, 9.17) is 4.74 Å². The van der Waals surface area contributed by atoms with E-state index in [1.807, 2.05) is 0 Å². The van der Waals surface area contributed by atoms with Crippen molar-refractivity contribution in [3.63, 3.8) is 0 Å². The molecular weight excluding hydrogens is 312 g/mol. The molecule has 5 nitrogen and oxygen atoms in total. The van der Waals surface area contributed by atoms with E-state index in [0.29, 0.717) is 10.5 Å². The van der Waals surface area contributed by atoms with Gasteiger partial charge in [0.2, 0.25) is 0 Å². The van der Waals surface area contributed by atoms with Crippen molar-refractivity contribution in [2.45, 2.75) is 38.3 Å². The second-order valence-corrected chi connectivity index (χ2v) is 6.22. The minimum atomic E-state index is -0.397. The number of hydrogen-bond donors (Lipinski definition) is 1. The molecule has 1 N–H and O–H groups in total. The first-order chi connectivity index (χ1) is 8.87. The summed E-state index contributed by atoms with van der Waals surface area (Å²) in [7, 11) is 0. The van der Waals surface area contributed by atoms with Gasteiger partial charge in [0.1, 0.15) is 0 Å². The van der Waals surface area contributed by atoms with E-state index in [1.54, 1.807) is 12.1 Å². The molecule has 104 valence electrons. The van der Waals surface area contributed by atoms with Crippen molar-refractivity contribution in [1.29, 1.82) is 0 Å². The Kier molecular flexibility index (Phi) is 4.10. The van der Waals surface area contributed by atoms with Gasteiger partial charge in [0, 0.05) is 24.4 Å². The molecule has 1 atom stereocenters. The molecule has 6 heteroatoms. The van der Waals surface area contributed by atoms with E-state index in [2.05, 4.69) is 35.1 Å². The summed E-state index contributed by atoms with van der Waals surface area (Å²) in [6.07, 6.45) is 1.86. The third kappa shape index (κ3) is 3.67. The Morgan fingerprint density at radius 3 is 2.84 bits per heavy atom. The molecule has 0 bridgehead atoms. The van der Waals surface area contributed by atoms with Crippen LogP contribution in [0.15, 0.2) is 22.7 Å². The number of nitro groups is 1. The smallest absolute Gasteiger partial charge is 0.283 e. The Balaban J connectivity index is 2.07. The number of nitrogens with one attached hydrogen (secondary N) is 1. The lowest BCUT2D eigenvalue weighted by atomic mass is 9.94. The van der Waals surface area contributed by atoms with Gasteiger partial charge >= 0.3 is 0 Å². The molecule has 0 saturated carbocycles. The average Bonchev–Trinajstić information content (AvgIpc) is 2.27. The molecule has 1 aliphatic rings. The zero-order valence-corrected chi connectivity index (χ0v) is 12.6. The molecule has 1 heterocycles. The van der Waals surface area contributed by atoms with E-state index in [0.717, 1.165) is 25.1 Å². The fourth-order valence-electron chi connectivity index (χ4n) is 2.34. The summed E-state index contributed by atoms with van der Waals surface area (Å²) in [6.45, 7) is 4.89. The largest absolute Gasteiger partial charge is 0.382 e. The monoisotopic (exact) mass is 328 g/mol. The van der Waals surface area contributed by atoms with E-state index < -0.39 is 4.92 Å². The molecule has 19 heavy (non-hydrogen) atoms. The maximum Gasteiger partial charge on any atom is 0.283 e. The molecule has 0 aliphatic carbocycles. The van der Waals surface area contributed by atoms with Crippen molar-refractivity contribution in [1.82, 2.24) is 0 Å². The molecule has 1 unspecified atom stereocenters. The SMILES string of the molecule is CC1(C)CC(Nc2ccc([N+](=O)[O-])c(Br)c2)CCO1. The summed E-state index contributed by atoms with van der Waals surface area (Å²) in [5.74, 6) is 0. The van der Waals surface area contributed by atoms with Crippen molar-refractivity contribution < 1.29 is 9.66 Å². The van der Waals surface area contributed by atoms with Gasteiger partial charge in [0.15, 0.2) is 0 Å². The van der Waals surface area contributed by atoms with Gasteiger partial charge in [-0.1, -0.05) is 0 Å². The lowest BCUT2D eigenvalue weighted by Gasteiger charge is -2.36. The number of ether oxygens (including phenoxy) is 1. The van der Waals surface area contributed by atoms with Crippen LogP contribution in [-0.2, 0) is 4.74 Å². The van der Waals surface area contributed by atoms with Gasteiger partial charge in [-0.25, -0.2) is 0 Å². The zero-order chi connectivity index (χ0) is 14.0. The Bertz CT molecular complexity index is 491. The molecule has 1 fully saturated rings. The van der Waals surface area contributed by atoms with Crippen LogP contribution in [0.4, 0.5) is 11.4 Å². The first-order valence-corrected chi connectivity index (χ1v) is 7.01. The highest BCUT2D eigenvalue weighted by molar-refractivity contribution is 9.10. The van der Waals surface area contributed by atoms with Gasteiger partial charge in [-0.3, -0.25) is 10.1 Å². The van der Waals surface area contributed by atoms with Crippen molar-refractivity contribution in [2.75, 3.05) is 11.9 Å². The molecule has 1 aromatic carbocycles. The second-order valence-electron chi connectivity index (χ2n) is 5.37. The van der Waals surface area contributed by atoms with Crippen LogP contribution in [0.25, 0.3) is 0 Å². The van der Waals surface area contributed by atoms with Crippen molar-refractivity contribution in [2.24, 2.45) is 0 Å². The Morgan fingerprint density at radius 2 is 2.26 bits per heavy atom. The normalized spacial score (nSPS) is 21.9. The quantitative estimate of drug-likeness (QED) is 0.678. The summed E-state index contributed by atoms with van der Waals surface area (Å²) >= 11 is 3.23. The summed E-state index contributed by atoms with van der Waals surface area (Å²) in [5, 5.41) is 14.2. The Morgan fingerprint density at radius 1 is 1.53 bits per heavy atom. The maximum absolute atomic E-state index is 10.7. The number of benzene rings is 1. The van der Waals surface area contributed by atoms with Crippen LogP contribution in [0.1, 0.15) is 26.7 Å². The third-order valence-corrected chi connectivity index (χ3v) is 3.85. The molecule has 1 aromatic rings. The number of halogens is 1. The lowest BCUT2D eigenvalue weighted by Crippen LogP contribution is -2.40. The van der Waals surface area contributed by atoms with Crippen molar-refractivity contribution in [3.8, 4) is 0 Å². The van der Waals surface area contributed by atoms with E-state index in [9.17, 15) is 10.1 Å². The number of nitrogens with zero attached hydrogens (tertiary/aromatic N) is 1. The second kappa shape index (κ2) is 5.46. The topological polar surface area (TPSA) is 64.4 Å². The van der Waals surface area contributed by atoms with Crippen LogP contribution in [-0.4, -0.2) is 23.2 Å². The summed E-state index contributed by atoms with van der Waals surface area (Å²) in [5.41, 5.74) is 0.853. The Hall–Kier alpha value is -1.14. The summed E-state index contributed by atoms with van der Waals surface area (Å²) in [6, 6.07) is 5.33. The van der Waals surface area contributed by atoms with Crippen LogP contribution in [0.5, 0.6) is 0 Å². The predicted octanol–water partition coefficient (Wildman–Crippen LogP) is 3.73. The van der Waals surface area contributed by atoms with Gasteiger partial charge in [0.05, 0.1) is 15.0 Å². The van der Waals surface area contributed by atoms with Crippen LogP contribution in [0.2, 0.25) is 0 Å². The number of rotatable bonds is 3. The van der Waals surface area contributed by atoms with Crippen LogP contribution < -0.4 is 5.32 Å². The molecule has 2 rings (SSSR count). The minimum Gasteiger partial charge on any atom is -0.382 e. The first kappa shape index (κ1) is 14.3. The third-order valence-electron chi connectivity index (χ3n) is 3.21. The highest BCUT2D eigenvalue weighted by Gasteiger charge is 2.28. The Labute approximate surface area is 120 Å². The average molecular weight is 329 g/mol. The number of hydrogen-bond acceptors (Lipinski definition) is 4. The van der Waals surface area contributed by atoms with Gasteiger partial charge in [-0.05, 0) is 54.8 Å². The van der Waals surface area contributed by atoms with Crippen LogP contribution in [0, 0.1) is 10.1 Å². The molecule has 0 aromatic heterocycles. The highest BCUT2D eigenvalue weighted by Crippen LogP contribution is 2.30. The van der Waals surface area contributed by atoms with Crippen LogP contribution in [0.3, 0.4) is 0 Å². The zero-order valence-electron chi connectivity index (χ0n) is 11.0. The molecular formula is C13H17BrN2O3. The van der Waals surface area contributed by atoms with Crippen molar-refractivity contribution in [3.05, 3.63) is 32.8 Å². The fourth-order valence-corrected chi connectivity index (χ4v) is 2.86. The number of anilines is 1. The van der Waals surface area contributed by atoms with Crippen LogP contribution >= 0.6 is 15.9 Å². The molecule has 0 radical (unpaired) electrons. The summed E-state index contributed by atoms with van der Waals surface area (Å²) < 4.78 is 6.16.